The minimum Gasteiger partial charge on any atom is -0.316 e. The average molecular weight is 251 g/mol. The van der Waals surface area contributed by atoms with Crippen molar-refractivity contribution < 1.29 is 0 Å². The Morgan fingerprint density at radius 2 is 1.94 bits per heavy atom. The van der Waals surface area contributed by atoms with Crippen molar-refractivity contribution in [2.75, 3.05) is 12.8 Å². The Balaban J connectivity index is 2.63. The molecule has 0 aliphatic heterocycles. The zero-order valence-corrected chi connectivity index (χ0v) is 12.5. The fourth-order valence-corrected chi connectivity index (χ4v) is 2.74. The van der Waals surface area contributed by atoms with Crippen LogP contribution < -0.4 is 5.32 Å². The van der Waals surface area contributed by atoms with Crippen LogP contribution in [0, 0.1) is 13.8 Å². The van der Waals surface area contributed by atoms with Crippen LogP contribution >= 0.6 is 11.8 Å². The number of nitrogens with one attached hydrogen (secondary N) is 1. The van der Waals surface area contributed by atoms with Gasteiger partial charge in [0.15, 0.2) is 0 Å². The molecule has 0 amide bonds. The molecule has 0 bridgehead atoms. The second-order valence-corrected chi connectivity index (χ2v) is 6.61. The minimum atomic E-state index is 0.572. The number of benzene rings is 1. The SMILES string of the molecule is CNC(CSC(C)C)Cc1cc(C)ccc1C. The smallest absolute Gasteiger partial charge is 0.0195 e. The van der Waals surface area contributed by atoms with Gasteiger partial charge in [-0.3, -0.25) is 0 Å². The molecule has 0 spiro atoms. The van der Waals surface area contributed by atoms with Crippen molar-refractivity contribution in [2.45, 2.75) is 45.4 Å². The van der Waals surface area contributed by atoms with Crippen molar-refractivity contribution in [1.29, 1.82) is 0 Å². The first kappa shape index (κ1) is 14.6. The molecule has 1 aromatic carbocycles. The van der Waals surface area contributed by atoms with Crippen molar-refractivity contribution >= 4 is 11.8 Å². The van der Waals surface area contributed by atoms with Crippen molar-refractivity contribution in [3.63, 3.8) is 0 Å². The van der Waals surface area contributed by atoms with Gasteiger partial charge >= 0.3 is 0 Å². The van der Waals surface area contributed by atoms with Gasteiger partial charge in [-0.15, -0.1) is 0 Å². The Bertz CT molecular complexity index is 347. The van der Waals surface area contributed by atoms with E-state index in [2.05, 4.69) is 58.3 Å². The molecular formula is C15H25NS. The molecule has 0 fully saturated rings. The van der Waals surface area contributed by atoms with Crippen LogP contribution in [0.15, 0.2) is 18.2 Å². The zero-order valence-electron chi connectivity index (χ0n) is 11.7. The Morgan fingerprint density at radius 3 is 2.53 bits per heavy atom. The molecule has 0 heterocycles. The first-order valence-corrected chi connectivity index (χ1v) is 7.42. The van der Waals surface area contributed by atoms with Gasteiger partial charge < -0.3 is 5.32 Å². The number of likely N-dealkylation sites (N-methyl/N-ethyl adjacent to an activating group) is 1. The van der Waals surface area contributed by atoms with Gasteiger partial charge in [0.25, 0.3) is 0 Å². The summed E-state index contributed by atoms with van der Waals surface area (Å²) < 4.78 is 0. The maximum atomic E-state index is 3.43. The van der Waals surface area contributed by atoms with Gasteiger partial charge in [0.2, 0.25) is 0 Å². The van der Waals surface area contributed by atoms with Crippen LogP contribution in [-0.4, -0.2) is 24.1 Å². The van der Waals surface area contributed by atoms with Gasteiger partial charge in [-0.1, -0.05) is 37.6 Å². The zero-order chi connectivity index (χ0) is 12.8. The van der Waals surface area contributed by atoms with Gasteiger partial charge in [-0.2, -0.15) is 11.8 Å². The Morgan fingerprint density at radius 1 is 1.24 bits per heavy atom. The number of aryl methyl sites for hydroxylation is 2. The molecule has 1 rings (SSSR count). The van der Waals surface area contributed by atoms with E-state index in [1.165, 1.54) is 22.4 Å². The molecule has 1 nitrogen and oxygen atoms in total. The van der Waals surface area contributed by atoms with Crippen molar-refractivity contribution in [3.05, 3.63) is 34.9 Å². The van der Waals surface area contributed by atoms with Crippen LogP contribution in [0.5, 0.6) is 0 Å². The molecule has 0 saturated heterocycles. The first-order valence-electron chi connectivity index (χ1n) is 6.38. The van der Waals surface area contributed by atoms with E-state index in [1.807, 2.05) is 11.8 Å². The second-order valence-electron chi connectivity index (χ2n) is 5.00. The number of thioether (sulfide) groups is 1. The van der Waals surface area contributed by atoms with E-state index in [1.54, 1.807) is 0 Å². The molecule has 0 aliphatic carbocycles. The fraction of sp³-hybridized carbons (Fsp3) is 0.600. The van der Waals surface area contributed by atoms with Crippen molar-refractivity contribution in [2.24, 2.45) is 0 Å². The summed E-state index contributed by atoms with van der Waals surface area (Å²) in [6, 6.07) is 7.31. The van der Waals surface area contributed by atoms with E-state index < -0.39 is 0 Å². The third-order valence-electron chi connectivity index (χ3n) is 3.01. The normalized spacial score (nSPS) is 13.1. The third kappa shape index (κ3) is 5.13. The Kier molecular flexibility index (Phi) is 6.07. The summed E-state index contributed by atoms with van der Waals surface area (Å²) in [4.78, 5) is 0. The largest absolute Gasteiger partial charge is 0.316 e. The van der Waals surface area contributed by atoms with E-state index in [9.17, 15) is 0 Å². The van der Waals surface area contributed by atoms with Crippen LogP contribution in [-0.2, 0) is 6.42 Å². The summed E-state index contributed by atoms with van der Waals surface area (Å²) in [5.74, 6) is 1.18. The third-order valence-corrected chi connectivity index (χ3v) is 4.27. The highest BCUT2D eigenvalue weighted by molar-refractivity contribution is 7.99. The monoisotopic (exact) mass is 251 g/mol. The lowest BCUT2D eigenvalue weighted by atomic mass is 10.00. The highest BCUT2D eigenvalue weighted by Gasteiger charge is 2.10. The lowest BCUT2D eigenvalue weighted by molar-refractivity contribution is 0.614. The van der Waals surface area contributed by atoms with E-state index in [0.717, 1.165) is 6.42 Å². The van der Waals surface area contributed by atoms with Crippen LogP contribution in [0.2, 0.25) is 0 Å². The quantitative estimate of drug-likeness (QED) is 0.829. The van der Waals surface area contributed by atoms with E-state index in [0.29, 0.717) is 11.3 Å². The Labute approximate surface area is 110 Å². The van der Waals surface area contributed by atoms with Crippen LogP contribution in [0.1, 0.15) is 30.5 Å². The van der Waals surface area contributed by atoms with Gasteiger partial charge in [-0.25, -0.2) is 0 Å². The molecule has 0 aliphatic rings. The predicted octanol–water partition coefficient (Wildman–Crippen LogP) is 3.58. The molecule has 17 heavy (non-hydrogen) atoms. The molecule has 1 N–H and O–H groups in total. The molecule has 1 aromatic rings. The highest BCUT2D eigenvalue weighted by atomic mass is 32.2. The summed E-state index contributed by atoms with van der Waals surface area (Å²) in [6.45, 7) is 8.89. The summed E-state index contributed by atoms with van der Waals surface area (Å²) in [5.41, 5.74) is 4.25. The molecule has 1 atom stereocenters. The average Bonchev–Trinajstić information content (AvgIpc) is 2.28. The van der Waals surface area contributed by atoms with Crippen LogP contribution in [0.3, 0.4) is 0 Å². The first-order chi connectivity index (χ1) is 8.02. The van der Waals surface area contributed by atoms with Crippen molar-refractivity contribution in [1.82, 2.24) is 5.32 Å². The van der Waals surface area contributed by atoms with Crippen molar-refractivity contribution in [3.8, 4) is 0 Å². The molecule has 2 heteroatoms. The van der Waals surface area contributed by atoms with Crippen LogP contribution in [0.4, 0.5) is 0 Å². The molecule has 0 aromatic heterocycles. The van der Waals surface area contributed by atoms with Gasteiger partial charge in [0.1, 0.15) is 0 Å². The minimum absolute atomic E-state index is 0.572. The lowest BCUT2D eigenvalue weighted by Crippen LogP contribution is -2.30. The maximum absolute atomic E-state index is 3.43. The summed E-state index contributed by atoms with van der Waals surface area (Å²) in [5, 5.41) is 4.14. The van der Waals surface area contributed by atoms with Gasteiger partial charge in [0.05, 0.1) is 0 Å². The molecular weight excluding hydrogens is 226 g/mol. The maximum Gasteiger partial charge on any atom is 0.0195 e. The molecule has 1 unspecified atom stereocenters. The van der Waals surface area contributed by atoms with E-state index in [-0.39, 0.29) is 0 Å². The number of hydrogen-bond acceptors (Lipinski definition) is 2. The van der Waals surface area contributed by atoms with E-state index >= 15 is 0 Å². The topological polar surface area (TPSA) is 12.0 Å². The number of rotatable bonds is 6. The molecule has 0 saturated carbocycles. The fourth-order valence-electron chi connectivity index (χ4n) is 1.84. The summed E-state index contributed by atoms with van der Waals surface area (Å²) >= 11 is 2.03. The summed E-state index contributed by atoms with van der Waals surface area (Å²) in [6.07, 6.45) is 1.13. The lowest BCUT2D eigenvalue weighted by Gasteiger charge is -2.18. The number of hydrogen-bond donors (Lipinski definition) is 1. The second kappa shape index (κ2) is 7.07. The Hall–Kier alpha value is -0.470. The van der Waals surface area contributed by atoms with Gasteiger partial charge in [-0.05, 0) is 43.7 Å². The standard InChI is InChI=1S/C15H25NS/c1-11(2)17-10-15(16-5)9-14-8-12(3)6-7-13(14)4/h6-8,11,15-16H,9-10H2,1-5H3. The van der Waals surface area contributed by atoms with Crippen LogP contribution in [0.25, 0.3) is 0 Å². The molecule has 96 valence electrons. The van der Waals surface area contributed by atoms with E-state index in [4.69, 9.17) is 0 Å². The summed E-state index contributed by atoms with van der Waals surface area (Å²) in [7, 11) is 2.07. The van der Waals surface area contributed by atoms with Gasteiger partial charge in [0, 0.05) is 11.8 Å². The predicted molar refractivity (Wildman–Crippen MR) is 80.1 cm³/mol. The molecule has 0 radical (unpaired) electrons. The highest BCUT2D eigenvalue weighted by Crippen LogP contribution is 2.16.